The van der Waals surface area contributed by atoms with Gasteiger partial charge < -0.3 is 0 Å². The van der Waals surface area contributed by atoms with Crippen molar-refractivity contribution in [2.75, 3.05) is 0 Å². The van der Waals surface area contributed by atoms with E-state index in [1.165, 1.54) is 0 Å². The van der Waals surface area contributed by atoms with Gasteiger partial charge in [-0.25, -0.2) is 0 Å². The van der Waals surface area contributed by atoms with Crippen LogP contribution in [0.2, 0.25) is 0 Å². The van der Waals surface area contributed by atoms with Crippen molar-refractivity contribution in [2.45, 2.75) is 32.6 Å². The highest BCUT2D eigenvalue weighted by Gasteiger charge is 2.14. The Morgan fingerprint density at radius 1 is 1.17 bits per heavy atom. The molecule has 96 valence electrons. The Bertz CT molecular complexity index is 493. The topological polar surface area (TPSA) is 30.7 Å². The van der Waals surface area contributed by atoms with Crippen LogP contribution in [0.15, 0.2) is 30.3 Å². The summed E-state index contributed by atoms with van der Waals surface area (Å²) >= 11 is 5.94. The molecule has 0 saturated carbocycles. The van der Waals surface area contributed by atoms with E-state index in [1.807, 2.05) is 18.2 Å². The van der Waals surface area contributed by atoms with Gasteiger partial charge in [0.05, 0.1) is 5.88 Å². The van der Waals surface area contributed by atoms with E-state index in [2.05, 4.69) is 40.7 Å². The van der Waals surface area contributed by atoms with Gasteiger partial charge in [0.15, 0.2) is 5.82 Å². The van der Waals surface area contributed by atoms with Crippen LogP contribution in [0.25, 0.3) is 5.69 Å². The van der Waals surface area contributed by atoms with Crippen LogP contribution >= 0.6 is 11.6 Å². The predicted molar refractivity (Wildman–Crippen MR) is 74.1 cm³/mol. The second kappa shape index (κ2) is 6.01. The maximum atomic E-state index is 5.94. The first-order chi connectivity index (χ1) is 8.76. The lowest BCUT2D eigenvalue weighted by Gasteiger charge is -2.11. The van der Waals surface area contributed by atoms with Crippen LogP contribution in [0.4, 0.5) is 0 Å². The molecule has 1 heterocycles. The Balaban J connectivity index is 2.40. The van der Waals surface area contributed by atoms with Gasteiger partial charge in [0.1, 0.15) is 5.82 Å². The third kappa shape index (κ3) is 2.72. The zero-order valence-electron chi connectivity index (χ0n) is 10.8. The van der Waals surface area contributed by atoms with Gasteiger partial charge in [0.25, 0.3) is 0 Å². The standard InChI is InChI=1S/C14H18ClN3/c1-3-11(2)9-13-16-17-14(10-15)18(13)12-7-5-4-6-8-12/h4-8,11H,3,9-10H2,1-2H3. The quantitative estimate of drug-likeness (QED) is 0.772. The van der Waals surface area contributed by atoms with E-state index >= 15 is 0 Å². The molecule has 0 aliphatic heterocycles. The van der Waals surface area contributed by atoms with Crippen molar-refractivity contribution in [2.24, 2.45) is 5.92 Å². The first-order valence-electron chi connectivity index (χ1n) is 6.30. The van der Waals surface area contributed by atoms with Gasteiger partial charge in [0, 0.05) is 12.1 Å². The fourth-order valence-electron chi connectivity index (χ4n) is 1.90. The summed E-state index contributed by atoms with van der Waals surface area (Å²) in [6.45, 7) is 4.42. The largest absolute Gasteiger partial charge is 0.282 e. The normalized spacial score (nSPS) is 12.6. The van der Waals surface area contributed by atoms with Gasteiger partial charge in [-0.1, -0.05) is 38.5 Å². The Morgan fingerprint density at radius 2 is 1.83 bits per heavy atom. The summed E-state index contributed by atoms with van der Waals surface area (Å²) in [7, 11) is 0. The molecule has 1 aromatic carbocycles. The fraction of sp³-hybridized carbons (Fsp3) is 0.429. The number of hydrogen-bond acceptors (Lipinski definition) is 2. The van der Waals surface area contributed by atoms with Crippen LogP contribution in [0, 0.1) is 5.92 Å². The second-order valence-corrected chi connectivity index (χ2v) is 4.82. The number of nitrogens with zero attached hydrogens (tertiary/aromatic N) is 3. The molecule has 0 fully saturated rings. The number of hydrogen-bond donors (Lipinski definition) is 0. The molecule has 18 heavy (non-hydrogen) atoms. The van der Waals surface area contributed by atoms with Crippen LogP contribution in [0.1, 0.15) is 31.9 Å². The van der Waals surface area contributed by atoms with Crippen molar-refractivity contribution in [1.29, 1.82) is 0 Å². The van der Waals surface area contributed by atoms with Crippen LogP contribution in [0.5, 0.6) is 0 Å². The summed E-state index contributed by atoms with van der Waals surface area (Å²) in [5.74, 6) is 2.77. The summed E-state index contributed by atoms with van der Waals surface area (Å²) in [6, 6.07) is 10.1. The zero-order valence-corrected chi connectivity index (χ0v) is 11.6. The molecule has 1 atom stereocenters. The Hall–Kier alpha value is -1.35. The fourth-order valence-corrected chi connectivity index (χ4v) is 2.08. The third-order valence-electron chi connectivity index (χ3n) is 3.16. The smallest absolute Gasteiger partial charge is 0.152 e. The van der Waals surface area contributed by atoms with Gasteiger partial charge in [-0.3, -0.25) is 4.57 Å². The molecule has 4 heteroatoms. The Labute approximate surface area is 113 Å². The van der Waals surface area contributed by atoms with Crippen LogP contribution in [-0.4, -0.2) is 14.8 Å². The van der Waals surface area contributed by atoms with Crippen LogP contribution < -0.4 is 0 Å². The van der Waals surface area contributed by atoms with Crippen molar-refractivity contribution in [3.05, 3.63) is 42.0 Å². The summed E-state index contributed by atoms with van der Waals surface area (Å²) in [6.07, 6.45) is 2.06. The summed E-state index contributed by atoms with van der Waals surface area (Å²) in [4.78, 5) is 0. The summed E-state index contributed by atoms with van der Waals surface area (Å²) < 4.78 is 2.07. The van der Waals surface area contributed by atoms with E-state index in [9.17, 15) is 0 Å². The average Bonchev–Trinajstić information content (AvgIpc) is 2.82. The number of aromatic nitrogens is 3. The minimum absolute atomic E-state index is 0.377. The SMILES string of the molecule is CCC(C)Cc1nnc(CCl)n1-c1ccccc1. The molecular formula is C14H18ClN3. The zero-order chi connectivity index (χ0) is 13.0. The highest BCUT2D eigenvalue weighted by molar-refractivity contribution is 6.16. The molecule has 0 aliphatic carbocycles. The number of para-hydroxylation sites is 1. The molecule has 0 radical (unpaired) electrons. The molecule has 0 amide bonds. The lowest BCUT2D eigenvalue weighted by Crippen LogP contribution is -2.08. The molecule has 0 spiro atoms. The minimum atomic E-state index is 0.377. The molecule has 1 unspecified atom stereocenters. The summed E-state index contributed by atoms with van der Waals surface area (Å²) in [5, 5.41) is 8.46. The van der Waals surface area contributed by atoms with Crippen molar-refractivity contribution in [3.63, 3.8) is 0 Å². The molecule has 1 aromatic heterocycles. The molecule has 0 N–H and O–H groups in total. The van der Waals surface area contributed by atoms with Gasteiger partial charge in [0.2, 0.25) is 0 Å². The number of benzene rings is 1. The van der Waals surface area contributed by atoms with Crippen molar-refractivity contribution >= 4 is 11.6 Å². The molecule has 0 saturated heterocycles. The van der Waals surface area contributed by atoms with Gasteiger partial charge in [-0.15, -0.1) is 21.8 Å². The van der Waals surface area contributed by atoms with E-state index in [0.717, 1.165) is 30.2 Å². The van der Waals surface area contributed by atoms with Crippen LogP contribution in [-0.2, 0) is 12.3 Å². The molecule has 2 rings (SSSR count). The highest BCUT2D eigenvalue weighted by Crippen LogP contribution is 2.18. The monoisotopic (exact) mass is 263 g/mol. The first kappa shape index (κ1) is 13.1. The van der Waals surface area contributed by atoms with Crippen LogP contribution in [0.3, 0.4) is 0 Å². The highest BCUT2D eigenvalue weighted by atomic mass is 35.5. The van der Waals surface area contributed by atoms with Gasteiger partial charge in [-0.05, 0) is 18.1 Å². The van der Waals surface area contributed by atoms with Crippen molar-refractivity contribution < 1.29 is 0 Å². The van der Waals surface area contributed by atoms with E-state index in [1.54, 1.807) is 0 Å². The predicted octanol–water partition coefficient (Wildman–Crippen LogP) is 3.59. The number of alkyl halides is 1. The Morgan fingerprint density at radius 3 is 2.44 bits per heavy atom. The van der Waals surface area contributed by atoms with E-state index in [0.29, 0.717) is 11.8 Å². The molecule has 0 aliphatic rings. The molecular weight excluding hydrogens is 246 g/mol. The maximum Gasteiger partial charge on any atom is 0.152 e. The Kier molecular flexibility index (Phi) is 4.37. The first-order valence-corrected chi connectivity index (χ1v) is 6.84. The molecule has 3 nitrogen and oxygen atoms in total. The maximum absolute atomic E-state index is 5.94. The second-order valence-electron chi connectivity index (χ2n) is 4.55. The lowest BCUT2D eigenvalue weighted by molar-refractivity contribution is 0.537. The number of rotatable bonds is 5. The summed E-state index contributed by atoms with van der Waals surface area (Å²) in [5.41, 5.74) is 1.08. The third-order valence-corrected chi connectivity index (χ3v) is 3.40. The minimum Gasteiger partial charge on any atom is -0.282 e. The van der Waals surface area contributed by atoms with Crippen molar-refractivity contribution in [1.82, 2.24) is 14.8 Å². The molecule has 2 aromatic rings. The van der Waals surface area contributed by atoms with Gasteiger partial charge in [-0.2, -0.15) is 0 Å². The van der Waals surface area contributed by atoms with Crippen molar-refractivity contribution in [3.8, 4) is 5.69 Å². The van der Waals surface area contributed by atoms with E-state index < -0.39 is 0 Å². The van der Waals surface area contributed by atoms with E-state index in [-0.39, 0.29) is 0 Å². The average molecular weight is 264 g/mol. The van der Waals surface area contributed by atoms with Gasteiger partial charge >= 0.3 is 0 Å². The lowest BCUT2D eigenvalue weighted by atomic mass is 10.0. The molecule has 0 bridgehead atoms. The van der Waals surface area contributed by atoms with E-state index in [4.69, 9.17) is 11.6 Å². The number of halogens is 1.